The second kappa shape index (κ2) is 7.44. The lowest BCUT2D eigenvalue weighted by Crippen LogP contribution is -2.34. The number of benzene rings is 2. The number of fused-ring (bicyclic) bond motifs is 1. The Balaban J connectivity index is 1.72. The van der Waals surface area contributed by atoms with Gasteiger partial charge in [-0.25, -0.2) is 4.98 Å². The monoisotopic (exact) mass is 354 g/mol. The molecule has 0 aliphatic carbocycles. The van der Waals surface area contributed by atoms with E-state index in [1.807, 2.05) is 31.2 Å². The number of aromatic nitrogens is 1. The van der Waals surface area contributed by atoms with E-state index >= 15 is 0 Å². The molecule has 2 aromatic carbocycles. The molecule has 0 N–H and O–H groups in total. The number of ketones is 1. The SMILES string of the molecule is CCN(C(=O)COc1cccc(C(C)=O)c1)c1nc2ccccc2s1. The number of anilines is 1. The van der Waals surface area contributed by atoms with Gasteiger partial charge in [0.15, 0.2) is 17.5 Å². The minimum Gasteiger partial charge on any atom is -0.484 e. The van der Waals surface area contributed by atoms with E-state index < -0.39 is 0 Å². The van der Waals surface area contributed by atoms with Crippen LogP contribution in [0.4, 0.5) is 5.13 Å². The second-order valence-electron chi connectivity index (χ2n) is 5.47. The van der Waals surface area contributed by atoms with Gasteiger partial charge in [-0.1, -0.05) is 35.6 Å². The molecule has 5 nitrogen and oxygen atoms in total. The molecule has 1 aromatic heterocycles. The van der Waals surface area contributed by atoms with E-state index in [-0.39, 0.29) is 18.3 Å². The third-order valence-electron chi connectivity index (χ3n) is 3.73. The Morgan fingerprint density at radius 3 is 2.68 bits per heavy atom. The van der Waals surface area contributed by atoms with Crippen LogP contribution in [0.25, 0.3) is 10.2 Å². The highest BCUT2D eigenvalue weighted by Gasteiger charge is 2.18. The van der Waals surface area contributed by atoms with E-state index in [1.54, 1.807) is 29.2 Å². The van der Waals surface area contributed by atoms with Crippen LogP contribution in [0.3, 0.4) is 0 Å². The molecular weight excluding hydrogens is 336 g/mol. The summed E-state index contributed by atoms with van der Waals surface area (Å²) in [5, 5.41) is 0.662. The Morgan fingerprint density at radius 2 is 1.96 bits per heavy atom. The van der Waals surface area contributed by atoms with Crippen molar-refractivity contribution < 1.29 is 14.3 Å². The molecule has 1 amide bonds. The largest absolute Gasteiger partial charge is 0.484 e. The van der Waals surface area contributed by atoms with E-state index in [4.69, 9.17) is 4.74 Å². The topological polar surface area (TPSA) is 59.5 Å². The smallest absolute Gasteiger partial charge is 0.266 e. The molecule has 3 rings (SSSR count). The van der Waals surface area contributed by atoms with Gasteiger partial charge in [0.05, 0.1) is 10.2 Å². The molecule has 0 atom stereocenters. The summed E-state index contributed by atoms with van der Waals surface area (Å²) in [7, 11) is 0. The molecule has 0 spiro atoms. The Kier molecular flexibility index (Phi) is 5.09. The summed E-state index contributed by atoms with van der Waals surface area (Å²) in [5.74, 6) is 0.289. The number of rotatable bonds is 6. The fraction of sp³-hybridized carbons (Fsp3) is 0.211. The Morgan fingerprint density at radius 1 is 1.16 bits per heavy atom. The zero-order valence-corrected chi connectivity index (χ0v) is 14.9. The number of nitrogens with zero attached hydrogens (tertiary/aromatic N) is 2. The van der Waals surface area contributed by atoms with Crippen LogP contribution in [0.1, 0.15) is 24.2 Å². The number of likely N-dealkylation sites (N-methyl/N-ethyl adjacent to an activating group) is 1. The predicted octanol–water partition coefficient (Wildman–Crippen LogP) is 3.93. The van der Waals surface area contributed by atoms with Crippen LogP contribution in [0.15, 0.2) is 48.5 Å². The van der Waals surface area contributed by atoms with Gasteiger partial charge >= 0.3 is 0 Å². The molecule has 0 aliphatic heterocycles. The second-order valence-corrected chi connectivity index (χ2v) is 6.48. The van der Waals surface area contributed by atoms with Gasteiger partial charge in [0.1, 0.15) is 5.75 Å². The van der Waals surface area contributed by atoms with Crippen LogP contribution in [0.2, 0.25) is 0 Å². The summed E-state index contributed by atoms with van der Waals surface area (Å²) in [6.45, 7) is 3.80. The van der Waals surface area contributed by atoms with Gasteiger partial charge in [-0.05, 0) is 38.1 Å². The van der Waals surface area contributed by atoms with Crippen molar-refractivity contribution in [3.8, 4) is 5.75 Å². The highest BCUT2D eigenvalue weighted by atomic mass is 32.1. The Labute approximate surface area is 149 Å². The predicted molar refractivity (Wildman–Crippen MR) is 99.6 cm³/mol. The Hall–Kier alpha value is -2.73. The number of Topliss-reactive ketones (excluding diaryl/α,β-unsaturated/α-hetero) is 1. The molecule has 0 saturated carbocycles. The first-order chi connectivity index (χ1) is 12.1. The molecule has 3 aromatic rings. The maximum Gasteiger partial charge on any atom is 0.266 e. The summed E-state index contributed by atoms with van der Waals surface area (Å²) in [5.41, 5.74) is 1.44. The number of ether oxygens (including phenoxy) is 1. The Bertz CT molecular complexity index is 887. The number of carbonyl (C=O) groups excluding carboxylic acids is 2. The number of carbonyl (C=O) groups is 2. The fourth-order valence-corrected chi connectivity index (χ4v) is 3.47. The first-order valence-electron chi connectivity index (χ1n) is 7.98. The summed E-state index contributed by atoms with van der Waals surface area (Å²) in [4.78, 5) is 30.1. The van der Waals surface area contributed by atoms with E-state index in [0.29, 0.717) is 23.0 Å². The maximum atomic E-state index is 12.5. The highest BCUT2D eigenvalue weighted by molar-refractivity contribution is 7.22. The molecule has 0 saturated heterocycles. The lowest BCUT2D eigenvalue weighted by Gasteiger charge is -2.18. The van der Waals surface area contributed by atoms with Gasteiger partial charge in [-0.2, -0.15) is 0 Å². The minimum absolute atomic E-state index is 0.0403. The molecule has 128 valence electrons. The van der Waals surface area contributed by atoms with Crippen LogP contribution < -0.4 is 9.64 Å². The van der Waals surface area contributed by atoms with Gasteiger partial charge < -0.3 is 4.74 Å². The van der Waals surface area contributed by atoms with Gasteiger partial charge in [0.2, 0.25) is 0 Å². The van der Waals surface area contributed by atoms with Crippen LogP contribution in [-0.4, -0.2) is 29.8 Å². The summed E-state index contributed by atoms with van der Waals surface area (Å²) in [6, 6.07) is 14.6. The van der Waals surface area contributed by atoms with Crippen molar-refractivity contribution in [1.29, 1.82) is 0 Å². The molecule has 0 radical (unpaired) electrons. The average Bonchev–Trinajstić information content (AvgIpc) is 3.04. The lowest BCUT2D eigenvalue weighted by molar-refractivity contribution is -0.120. The van der Waals surface area contributed by atoms with Crippen LogP contribution in [0.5, 0.6) is 5.75 Å². The van der Waals surface area contributed by atoms with E-state index in [9.17, 15) is 9.59 Å². The molecule has 0 bridgehead atoms. The zero-order chi connectivity index (χ0) is 17.8. The van der Waals surface area contributed by atoms with E-state index in [2.05, 4.69) is 4.98 Å². The van der Waals surface area contributed by atoms with Crippen molar-refractivity contribution in [1.82, 2.24) is 4.98 Å². The molecule has 25 heavy (non-hydrogen) atoms. The van der Waals surface area contributed by atoms with Crippen LogP contribution >= 0.6 is 11.3 Å². The number of para-hydroxylation sites is 1. The summed E-state index contributed by atoms with van der Waals surface area (Å²) in [6.07, 6.45) is 0. The van der Waals surface area contributed by atoms with Crippen molar-refractivity contribution in [3.63, 3.8) is 0 Å². The molecular formula is C19H18N2O3S. The lowest BCUT2D eigenvalue weighted by atomic mass is 10.1. The van der Waals surface area contributed by atoms with E-state index in [0.717, 1.165) is 10.2 Å². The van der Waals surface area contributed by atoms with Gasteiger partial charge in [-0.3, -0.25) is 14.5 Å². The standard InChI is InChI=1S/C19H18N2O3S/c1-3-21(19-20-16-9-4-5-10-17(16)25-19)18(23)12-24-15-8-6-7-14(11-15)13(2)22/h4-11H,3,12H2,1-2H3. The highest BCUT2D eigenvalue weighted by Crippen LogP contribution is 2.28. The zero-order valence-electron chi connectivity index (χ0n) is 14.1. The number of thiazole rings is 1. The van der Waals surface area contributed by atoms with Crippen molar-refractivity contribution in [3.05, 3.63) is 54.1 Å². The van der Waals surface area contributed by atoms with Crippen molar-refractivity contribution in [2.24, 2.45) is 0 Å². The molecule has 1 heterocycles. The molecule has 6 heteroatoms. The first kappa shape index (κ1) is 17.1. The first-order valence-corrected chi connectivity index (χ1v) is 8.80. The van der Waals surface area contributed by atoms with Crippen molar-refractivity contribution in [2.45, 2.75) is 13.8 Å². The quantitative estimate of drug-likeness (QED) is 0.629. The normalized spacial score (nSPS) is 10.6. The van der Waals surface area contributed by atoms with Crippen LogP contribution in [0, 0.1) is 0 Å². The van der Waals surface area contributed by atoms with Gasteiger partial charge in [0, 0.05) is 12.1 Å². The third-order valence-corrected chi connectivity index (χ3v) is 4.79. The molecule has 0 fully saturated rings. The summed E-state index contributed by atoms with van der Waals surface area (Å²) >= 11 is 1.48. The van der Waals surface area contributed by atoms with Gasteiger partial charge in [-0.15, -0.1) is 0 Å². The van der Waals surface area contributed by atoms with Crippen molar-refractivity contribution in [2.75, 3.05) is 18.1 Å². The minimum atomic E-state index is -0.171. The van der Waals surface area contributed by atoms with E-state index in [1.165, 1.54) is 18.3 Å². The number of hydrogen-bond donors (Lipinski definition) is 0. The molecule has 0 aliphatic rings. The average molecular weight is 354 g/mol. The number of hydrogen-bond acceptors (Lipinski definition) is 5. The maximum absolute atomic E-state index is 12.5. The van der Waals surface area contributed by atoms with Gasteiger partial charge in [0.25, 0.3) is 5.91 Å². The number of amides is 1. The summed E-state index contributed by atoms with van der Waals surface area (Å²) < 4.78 is 6.61. The third kappa shape index (κ3) is 3.85. The van der Waals surface area contributed by atoms with Crippen LogP contribution in [-0.2, 0) is 4.79 Å². The molecule has 0 unspecified atom stereocenters. The van der Waals surface area contributed by atoms with Crippen molar-refractivity contribution >= 4 is 38.4 Å². The fourth-order valence-electron chi connectivity index (χ4n) is 2.42.